The van der Waals surface area contributed by atoms with E-state index in [0.29, 0.717) is 6.54 Å². The molecule has 0 radical (unpaired) electrons. The zero-order chi connectivity index (χ0) is 12.8. The largest absolute Gasteiger partial charge is 0.489 e. The maximum absolute atomic E-state index is 5.85. The van der Waals surface area contributed by atoms with Crippen molar-refractivity contribution in [3.63, 3.8) is 0 Å². The molecule has 2 rings (SSSR count). The third kappa shape index (κ3) is 2.85. The second kappa shape index (κ2) is 6.45. The number of ether oxygens (including phenoxy) is 1. The maximum Gasteiger partial charge on any atom is 0.169 e. The number of benzene rings is 1. The van der Waals surface area contributed by atoms with E-state index < -0.39 is 0 Å². The van der Waals surface area contributed by atoms with Crippen molar-refractivity contribution >= 4 is 11.0 Å². The lowest BCUT2D eigenvalue weighted by Crippen LogP contribution is -2.01. The Hall–Kier alpha value is -1.48. The van der Waals surface area contributed by atoms with E-state index in [1.54, 1.807) is 0 Å². The molecular weight excluding hydrogens is 226 g/mol. The summed E-state index contributed by atoms with van der Waals surface area (Å²) in [4.78, 5) is 0. The van der Waals surface area contributed by atoms with Gasteiger partial charge in [-0.05, 0) is 18.6 Å². The molecule has 0 aliphatic rings. The second-order valence-electron chi connectivity index (χ2n) is 4.46. The van der Waals surface area contributed by atoms with Crippen LogP contribution in [0.2, 0.25) is 0 Å². The van der Waals surface area contributed by atoms with Gasteiger partial charge in [-0.25, -0.2) is 0 Å². The highest BCUT2D eigenvalue weighted by Gasteiger charge is 2.13. The molecule has 3 nitrogen and oxygen atoms in total. The number of rotatable bonds is 7. The molecule has 0 fully saturated rings. The summed E-state index contributed by atoms with van der Waals surface area (Å²) in [6.07, 6.45) is 4.80. The first-order valence-corrected chi connectivity index (χ1v) is 6.70. The maximum atomic E-state index is 5.85. The first kappa shape index (κ1) is 13.0. The van der Waals surface area contributed by atoms with Gasteiger partial charge in [-0.3, -0.25) is 0 Å². The number of unbranched alkanes of at least 4 members (excludes halogenated alkanes) is 3. The van der Waals surface area contributed by atoms with Gasteiger partial charge >= 0.3 is 0 Å². The van der Waals surface area contributed by atoms with Crippen LogP contribution in [0.15, 0.2) is 28.7 Å². The van der Waals surface area contributed by atoms with E-state index in [1.165, 1.54) is 19.3 Å². The minimum Gasteiger partial charge on any atom is -0.489 e. The summed E-state index contributed by atoms with van der Waals surface area (Å²) in [5.74, 6) is 1.57. The topological polar surface area (TPSA) is 48.4 Å². The van der Waals surface area contributed by atoms with Crippen LogP contribution in [-0.4, -0.2) is 6.61 Å². The fourth-order valence-corrected chi connectivity index (χ4v) is 2.07. The first-order valence-electron chi connectivity index (χ1n) is 6.70. The van der Waals surface area contributed by atoms with Crippen molar-refractivity contribution < 1.29 is 9.15 Å². The van der Waals surface area contributed by atoms with Crippen LogP contribution >= 0.6 is 0 Å². The van der Waals surface area contributed by atoms with Crippen LogP contribution < -0.4 is 10.5 Å². The molecule has 0 aliphatic carbocycles. The Morgan fingerprint density at radius 1 is 1.17 bits per heavy atom. The standard InChI is InChI=1S/C15H21NO2/c1-2-3-4-7-10-17-15-12-8-5-6-9-13(12)18-14(15)11-16/h5-6,8-9H,2-4,7,10-11,16H2,1H3. The normalized spacial score (nSPS) is 11.0. The van der Waals surface area contributed by atoms with Crippen molar-refractivity contribution in [2.24, 2.45) is 5.73 Å². The Balaban J connectivity index is 2.06. The molecule has 0 saturated carbocycles. The predicted octanol–water partition coefficient (Wildman–Crippen LogP) is 3.85. The van der Waals surface area contributed by atoms with Crippen molar-refractivity contribution in [3.8, 4) is 5.75 Å². The number of nitrogens with two attached hydrogens (primary N) is 1. The van der Waals surface area contributed by atoms with E-state index in [1.807, 2.05) is 24.3 Å². The van der Waals surface area contributed by atoms with Crippen LogP contribution in [-0.2, 0) is 6.54 Å². The Morgan fingerprint density at radius 3 is 2.78 bits per heavy atom. The summed E-state index contributed by atoms with van der Waals surface area (Å²) >= 11 is 0. The van der Waals surface area contributed by atoms with Crippen molar-refractivity contribution in [2.45, 2.75) is 39.2 Å². The van der Waals surface area contributed by atoms with E-state index in [9.17, 15) is 0 Å². The third-order valence-corrected chi connectivity index (χ3v) is 3.05. The molecule has 3 heteroatoms. The van der Waals surface area contributed by atoms with E-state index in [-0.39, 0.29) is 0 Å². The van der Waals surface area contributed by atoms with Gasteiger partial charge in [0, 0.05) is 0 Å². The monoisotopic (exact) mass is 247 g/mol. The minimum absolute atomic E-state index is 0.374. The third-order valence-electron chi connectivity index (χ3n) is 3.05. The van der Waals surface area contributed by atoms with Gasteiger partial charge in [-0.15, -0.1) is 0 Å². The molecule has 0 atom stereocenters. The lowest BCUT2D eigenvalue weighted by molar-refractivity contribution is 0.298. The Bertz CT molecular complexity index is 490. The zero-order valence-electron chi connectivity index (χ0n) is 10.9. The first-order chi connectivity index (χ1) is 8.86. The number of hydrogen-bond donors (Lipinski definition) is 1. The summed E-state index contributed by atoms with van der Waals surface area (Å²) < 4.78 is 11.5. The average Bonchev–Trinajstić information content (AvgIpc) is 2.77. The average molecular weight is 247 g/mol. The van der Waals surface area contributed by atoms with Crippen molar-refractivity contribution in [1.29, 1.82) is 0 Å². The molecule has 0 unspecified atom stereocenters. The van der Waals surface area contributed by atoms with Gasteiger partial charge in [0.25, 0.3) is 0 Å². The van der Waals surface area contributed by atoms with Gasteiger partial charge in [-0.1, -0.05) is 38.3 Å². The van der Waals surface area contributed by atoms with Crippen LogP contribution in [0.3, 0.4) is 0 Å². The second-order valence-corrected chi connectivity index (χ2v) is 4.46. The molecule has 1 heterocycles. The zero-order valence-corrected chi connectivity index (χ0v) is 10.9. The molecule has 1 aromatic heterocycles. The molecule has 0 aliphatic heterocycles. The molecule has 2 aromatic rings. The lowest BCUT2D eigenvalue weighted by atomic mass is 10.2. The van der Waals surface area contributed by atoms with Crippen molar-refractivity contribution in [1.82, 2.24) is 0 Å². The lowest BCUT2D eigenvalue weighted by Gasteiger charge is -2.05. The molecule has 98 valence electrons. The number of furan rings is 1. The molecular formula is C15H21NO2. The Labute approximate surface area is 108 Å². The summed E-state index contributed by atoms with van der Waals surface area (Å²) in [6.45, 7) is 3.31. The molecule has 0 bridgehead atoms. The highest BCUT2D eigenvalue weighted by Crippen LogP contribution is 2.32. The van der Waals surface area contributed by atoms with Gasteiger partial charge < -0.3 is 14.9 Å². The number of hydrogen-bond acceptors (Lipinski definition) is 3. The molecule has 0 amide bonds. The van der Waals surface area contributed by atoms with Crippen LogP contribution in [0.1, 0.15) is 38.4 Å². The van der Waals surface area contributed by atoms with Gasteiger partial charge in [0.2, 0.25) is 0 Å². The molecule has 2 N–H and O–H groups in total. The van der Waals surface area contributed by atoms with Crippen LogP contribution in [0, 0.1) is 0 Å². The van der Waals surface area contributed by atoms with Crippen LogP contribution in [0.4, 0.5) is 0 Å². The number of fused-ring (bicyclic) bond motifs is 1. The van der Waals surface area contributed by atoms with Gasteiger partial charge in [-0.2, -0.15) is 0 Å². The van der Waals surface area contributed by atoms with E-state index in [4.69, 9.17) is 14.9 Å². The predicted molar refractivity (Wildman–Crippen MR) is 73.7 cm³/mol. The van der Waals surface area contributed by atoms with Crippen molar-refractivity contribution in [3.05, 3.63) is 30.0 Å². The molecule has 0 saturated heterocycles. The quantitative estimate of drug-likeness (QED) is 0.756. The molecule has 0 spiro atoms. The van der Waals surface area contributed by atoms with Gasteiger partial charge in [0.15, 0.2) is 11.5 Å². The molecule has 18 heavy (non-hydrogen) atoms. The van der Waals surface area contributed by atoms with E-state index in [2.05, 4.69) is 6.92 Å². The summed E-state index contributed by atoms with van der Waals surface area (Å²) in [6, 6.07) is 7.90. The highest BCUT2D eigenvalue weighted by molar-refractivity contribution is 5.85. The van der Waals surface area contributed by atoms with E-state index in [0.717, 1.165) is 35.5 Å². The SMILES string of the molecule is CCCCCCOc1c(CN)oc2ccccc12. The Morgan fingerprint density at radius 2 is 2.00 bits per heavy atom. The molecule has 1 aromatic carbocycles. The fourth-order valence-electron chi connectivity index (χ4n) is 2.07. The fraction of sp³-hybridized carbons (Fsp3) is 0.467. The summed E-state index contributed by atoms with van der Waals surface area (Å²) in [5, 5.41) is 1.02. The van der Waals surface area contributed by atoms with Crippen LogP contribution in [0.5, 0.6) is 5.75 Å². The van der Waals surface area contributed by atoms with E-state index >= 15 is 0 Å². The number of para-hydroxylation sites is 1. The van der Waals surface area contributed by atoms with Gasteiger partial charge in [0.1, 0.15) is 5.58 Å². The smallest absolute Gasteiger partial charge is 0.169 e. The summed E-state index contributed by atoms with van der Waals surface area (Å²) in [7, 11) is 0. The van der Waals surface area contributed by atoms with Crippen molar-refractivity contribution in [2.75, 3.05) is 6.61 Å². The Kier molecular flexibility index (Phi) is 4.65. The minimum atomic E-state index is 0.374. The highest BCUT2D eigenvalue weighted by atomic mass is 16.5. The van der Waals surface area contributed by atoms with Crippen LogP contribution in [0.25, 0.3) is 11.0 Å². The summed E-state index contributed by atoms with van der Waals surface area (Å²) in [5.41, 5.74) is 6.54. The van der Waals surface area contributed by atoms with Gasteiger partial charge in [0.05, 0.1) is 18.5 Å².